The highest BCUT2D eigenvalue weighted by molar-refractivity contribution is 7.98. The highest BCUT2D eigenvalue weighted by atomic mass is 32.2. The highest BCUT2D eigenvalue weighted by Crippen LogP contribution is 2.25. The molecule has 1 fully saturated rings. The lowest BCUT2D eigenvalue weighted by atomic mass is 10.0. The molecule has 2 atom stereocenters. The number of hydrogen-bond donors (Lipinski definition) is 3. The molecule has 2 rings (SSSR count). The van der Waals surface area contributed by atoms with E-state index in [0.717, 1.165) is 16.9 Å². The summed E-state index contributed by atoms with van der Waals surface area (Å²) < 4.78 is 0. The average Bonchev–Trinajstić information content (AvgIpc) is 2.63. The Balaban J connectivity index is 2.05. The first-order chi connectivity index (χ1) is 9.21. The summed E-state index contributed by atoms with van der Waals surface area (Å²) in [6.07, 6.45) is 8.32. The van der Waals surface area contributed by atoms with Gasteiger partial charge in [-0.15, -0.1) is 0 Å². The van der Waals surface area contributed by atoms with Crippen LogP contribution in [0.4, 0.5) is 11.6 Å². The minimum absolute atomic E-state index is 0.514. The maximum Gasteiger partial charge on any atom is 0.191 e. The number of aromatic nitrogens is 2. The van der Waals surface area contributed by atoms with Crippen LogP contribution >= 0.6 is 11.8 Å². The van der Waals surface area contributed by atoms with Crippen LogP contribution in [0.1, 0.15) is 39.0 Å². The van der Waals surface area contributed by atoms with Crippen LogP contribution in [0.3, 0.4) is 0 Å². The Labute approximate surface area is 119 Å². The molecule has 6 heteroatoms. The van der Waals surface area contributed by atoms with Crippen molar-refractivity contribution in [1.29, 1.82) is 0 Å². The molecule has 5 nitrogen and oxygen atoms in total. The van der Waals surface area contributed by atoms with Gasteiger partial charge < -0.3 is 10.7 Å². The lowest BCUT2D eigenvalue weighted by Crippen LogP contribution is -2.20. The van der Waals surface area contributed by atoms with Crippen LogP contribution in [0, 0.1) is 5.92 Å². The third kappa shape index (κ3) is 4.24. The molecule has 0 radical (unpaired) electrons. The van der Waals surface area contributed by atoms with E-state index in [4.69, 9.17) is 5.84 Å². The van der Waals surface area contributed by atoms with Crippen LogP contribution in [0.2, 0.25) is 0 Å². The van der Waals surface area contributed by atoms with Gasteiger partial charge in [0.25, 0.3) is 0 Å². The third-order valence-electron chi connectivity index (χ3n) is 3.65. The minimum Gasteiger partial charge on any atom is -0.367 e. The molecule has 0 spiro atoms. The largest absolute Gasteiger partial charge is 0.367 e. The quantitative estimate of drug-likeness (QED) is 0.259. The molecule has 1 aromatic heterocycles. The number of nitrogens with two attached hydrogens (primary N) is 1. The van der Waals surface area contributed by atoms with Crippen molar-refractivity contribution in [3.8, 4) is 0 Å². The van der Waals surface area contributed by atoms with Crippen molar-refractivity contribution in [2.45, 2.75) is 50.2 Å². The predicted octanol–water partition coefficient (Wildman–Crippen LogP) is 2.86. The van der Waals surface area contributed by atoms with Crippen molar-refractivity contribution in [2.75, 3.05) is 17.0 Å². The summed E-state index contributed by atoms with van der Waals surface area (Å²) in [5.41, 5.74) is 2.59. The Morgan fingerprint density at radius 3 is 2.74 bits per heavy atom. The first-order valence-corrected chi connectivity index (χ1v) is 8.10. The van der Waals surface area contributed by atoms with E-state index in [1.165, 1.54) is 43.9 Å². The molecule has 1 saturated carbocycles. The second kappa shape index (κ2) is 6.96. The van der Waals surface area contributed by atoms with Crippen LogP contribution in [-0.4, -0.2) is 22.3 Å². The van der Waals surface area contributed by atoms with Gasteiger partial charge in [-0.2, -0.15) is 0 Å². The second-order valence-corrected chi connectivity index (χ2v) is 6.00. The van der Waals surface area contributed by atoms with Crippen molar-refractivity contribution in [3.63, 3.8) is 0 Å². The van der Waals surface area contributed by atoms with Gasteiger partial charge in [0.1, 0.15) is 11.6 Å². The number of thioether (sulfide) groups is 1. The monoisotopic (exact) mass is 281 g/mol. The predicted molar refractivity (Wildman–Crippen MR) is 81.3 cm³/mol. The summed E-state index contributed by atoms with van der Waals surface area (Å²) in [4.78, 5) is 8.76. The van der Waals surface area contributed by atoms with Crippen LogP contribution in [0.5, 0.6) is 0 Å². The molecule has 0 bridgehead atoms. The summed E-state index contributed by atoms with van der Waals surface area (Å²) in [5.74, 6) is 7.81. The van der Waals surface area contributed by atoms with E-state index in [9.17, 15) is 0 Å². The first kappa shape index (κ1) is 14.4. The smallest absolute Gasteiger partial charge is 0.191 e. The maximum absolute atomic E-state index is 5.44. The molecule has 19 heavy (non-hydrogen) atoms. The van der Waals surface area contributed by atoms with Crippen LogP contribution in [0.15, 0.2) is 11.2 Å². The fraction of sp³-hybridized carbons (Fsp3) is 0.692. The topological polar surface area (TPSA) is 75.9 Å². The van der Waals surface area contributed by atoms with E-state index < -0.39 is 0 Å². The zero-order valence-corrected chi connectivity index (χ0v) is 12.5. The summed E-state index contributed by atoms with van der Waals surface area (Å²) >= 11 is 1.52. The van der Waals surface area contributed by atoms with E-state index in [1.807, 2.05) is 12.3 Å². The van der Waals surface area contributed by atoms with Gasteiger partial charge in [0.2, 0.25) is 0 Å². The number of hydrazine groups is 1. The minimum atomic E-state index is 0.514. The lowest BCUT2D eigenvalue weighted by Gasteiger charge is -2.17. The fourth-order valence-electron chi connectivity index (χ4n) is 2.50. The zero-order valence-electron chi connectivity index (χ0n) is 11.6. The molecule has 0 aliphatic heterocycles. The van der Waals surface area contributed by atoms with E-state index in [0.29, 0.717) is 11.9 Å². The van der Waals surface area contributed by atoms with Gasteiger partial charge in [0.15, 0.2) is 5.16 Å². The van der Waals surface area contributed by atoms with Gasteiger partial charge in [-0.1, -0.05) is 31.5 Å². The summed E-state index contributed by atoms with van der Waals surface area (Å²) in [5, 5.41) is 4.27. The molecule has 1 aliphatic rings. The lowest BCUT2D eigenvalue weighted by molar-refractivity contribution is 0.501. The van der Waals surface area contributed by atoms with Crippen LogP contribution < -0.4 is 16.6 Å². The number of nitrogens with one attached hydrogen (secondary N) is 2. The molecule has 1 heterocycles. The van der Waals surface area contributed by atoms with Crippen LogP contribution in [-0.2, 0) is 0 Å². The van der Waals surface area contributed by atoms with Crippen molar-refractivity contribution in [2.24, 2.45) is 11.8 Å². The molecule has 0 amide bonds. The SMILES string of the molecule is CSc1nc(NN)cc(NC2CCCC(C)CC2)n1. The number of nitrogens with zero attached hydrogens (tertiary/aromatic N) is 2. The molecule has 1 aromatic rings. The van der Waals surface area contributed by atoms with Gasteiger partial charge in [0, 0.05) is 12.1 Å². The van der Waals surface area contributed by atoms with Crippen molar-refractivity contribution < 1.29 is 0 Å². The number of nitrogen functional groups attached to an aromatic ring is 1. The van der Waals surface area contributed by atoms with Gasteiger partial charge in [-0.25, -0.2) is 15.8 Å². The molecule has 2 unspecified atom stereocenters. The summed E-state index contributed by atoms with van der Waals surface area (Å²) in [7, 11) is 0. The molecule has 0 saturated heterocycles. The Bertz CT molecular complexity index is 390. The van der Waals surface area contributed by atoms with Crippen molar-refractivity contribution in [1.82, 2.24) is 9.97 Å². The average molecular weight is 281 g/mol. The van der Waals surface area contributed by atoms with Gasteiger partial charge in [-0.3, -0.25) is 0 Å². The van der Waals surface area contributed by atoms with Crippen LogP contribution in [0.25, 0.3) is 0 Å². The molecular weight excluding hydrogens is 258 g/mol. The Kier molecular flexibility index (Phi) is 5.27. The second-order valence-electron chi connectivity index (χ2n) is 5.22. The number of anilines is 2. The molecule has 4 N–H and O–H groups in total. The normalized spacial score (nSPS) is 23.7. The molecule has 1 aliphatic carbocycles. The molecule has 106 valence electrons. The van der Waals surface area contributed by atoms with E-state index >= 15 is 0 Å². The first-order valence-electron chi connectivity index (χ1n) is 6.87. The van der Waals surface area contributed by atoms with E-state index in [-0.39, 0.29) is 0 Å². The Hall–Kier alpha value is -1.01. The van der Waals surface area contributed by atoms with E-state index in [1.54, 1.807) is 0 Å². The van der Waals surface area contributed by atoms with E-state index in [2.05, 4.69) is 27.6 Å². The maximum atomic E-state index is 5.44. The zero-order chi connectivity index (χ0) is 13.7. The summed E-state index contributed by atoms with van der Waals surface area (Å²) in [6, 6.07) is 2.38. The Morgan fingerprint density at radius 2 is 2.00 bits per heavy atom. The Morgan fingerprint density at radius 1 is 1.21 bits per heavy atom. The third-order valence-corrected chi connectivity index (χ3v) is 4.19. The summed E-state index contributed by atoms with van der Waals surface area (Å²) in [6.45, 7) is 2.34. The van der Waals surface area contributed by atoms with Gasteiger partial charge >= 0.3 is 0 Å². The van der Waals surface area contributed by atoms with Crippen molar-refractivity contribution in [3.05, 3.63) is 6.07 Å². The van der Waals surface area contributed by atoms with Gasteiger partial charge in [0.05, 0.1) is 0 Å². The highest BCUT2D eigenvalue weighted by Gasteiger charge is 2.16. The number of rotatable bonds is 4. The standard InChI is InChI=1S/C13H23N5S/c1-9-4-3-5-10(7-6-9)15-11-8-12(18-14)17-13(16-11)19-2/h8-10H,3-7,14H2,1-2H3,(H2,15,16,17,18). The molecule has 0 aromatic carbocycles. The van der Waals surface area contributed by atoms with Crippen molar-refractivity contribution >= 4 is 23.4 Å². The van der Waals surface area contributed by atoms with Gasteiger partial charge in [-0.05, 0) is 31.4 Å². The number of hydrogen-bond acceptors (Lipinski definition) is 6. The fourth-order valence-corrected chi connectivity index (χ4v) is 2.88. The molecular formula is C13H23N5S.